The molecule has 1 aromatic heterocycles. The first-order chi connectivity index (χ1) is 14.5. The van der Waals surface area contributed by atoms with E-state index >= 15 is 0 Å². The number of nitrogens with zero attached hydrogens (tertiary/aromatic N) is 2. The highest BCUT2D eigenvalue weighted by atomic mass is 35.5. The van der Waals surface area contributed by atoms with E-state index < -0.39 is 5.91 Å². The van der Waals surface area contributed by atoms with Crippen molar-refractivity contribution in [3.63, 3.8) is 0 Å². The maximum absolute atomic E-state index is 12.5. The lowest BCUT2D eigenvalue weighted by Gasteiger charge is -2.12. The average Bonchev–Trinajstić information content (AvgIpc) is 3.07. The van der Waals surface area contributed by atoms with E-state index in [1.54, 1.807) is 24.3 Å². The number of hydrogen-bond donors (Lipinski definition) is 0. The summed E-state index contributed by atoms with van der Waals surface area (Å²) in [5.41, 5.74) is 1.58. The third-order valence-electron chi connectivity index (χ3n) is 4.21. The lowest BCUT2D eigenvalue weighted by Crippen LogP contribution is -2.15. The van der Waals surface area contributed by atoms with Gasteiger partial charge in [-0.2, -0.15) is 4.99 Å². The van der Waals surface area contributed by atoms with Crippen LogP contribution in [-0.2, 0) is 11.3 Å². The van der Waals surface area contributed by atoms with Gasteiger partial charge in [-0.1, -0.05) is 28.9 Å². The summed E-state index contributed by atoms with van der Waals surface area (Å²) in [7, 11) is 4.59. The Morgan fingerprint density at radius 3 is 2.50 bits per heavy atom. The Morgan fingerprint density at radius 2 is 1.90 bits per heavy atom. The molecule has 0 aliphatic heterocycles. The Hall–Kier alpha value is -3.21. The van der Waals surface area contributed by atoms with Gasteiger partial charge >= 0.3 is 0 Å². The molecule has 0 aliphatic rings. The van der Waals surface area contributed by atoms with Crippen LogP contribution in [0.25, 0.3) is 16.3 Å². The molecule has 0 unspecified atom stereocenters. The van der Waals surface area contributed by atoms with Gasteiger partial charge in [0.2, 0.25) is 5.75 Å². The summed E-state index contributed by atoms with van der Waals surface area (Å²) < 4.78 is 18.7. The van der Waals surface area contributed by atoms with E-state index in [4.69, 9.17) is 32.2 Å². The minimum Gasteiger partial charge on any atom is -0.493 e. The molecule has 0 aliphatic carbocycles. The summed E-state index contributed by atoms with van der Waals surface area (Å²) in [6.07, 6.45) is 8.49. The molecule has 0 atom stereocenters. The molecule has 2 aromatic carbocycles. The van der Waals surface area contributed by atoms with Crippen LogP contribution in [0.2, 0.25) is 5.02 Å². The molecule has 1 amide bonds. The lowest BCUT2D eigenvalue weighted by atomic mass is 10.1. The van der Waals surface area contributed by atoms with Crippen LogP contribution in [-0.4, -0.2) is 31.8 Å². The summed E-state index contributed by atoms with van der Waals surface area (Å²) in [4.78, 5) is 17.2. The van der Waals surface area contributed by atoms with Gasteiger partial charge in [-0.3, -0.25) is 4.79 Å². The van der Waals surface area contributed by atoms with Gasteiger partial charge in [0, 0.05) is 11.1 Å². The van der Waals surface area contributed by atoms with Gasteiger partial charge in [-0.25, -0.2) is 0 Å². The Balaban J connectivity index is 1.97. The maximum atomic E-state index is 12.5. The van der Waals surface area contributed by atoms with Crippen molar-refractivity contribution >= 4 is 45.1 Å². The fraction of sp³-hybridized carbons (Fsp3) is 0.182. The zero-order chi connectivity index (χ0) is 21.7. The summed E-state index contributed by atoms with van der Waals surface area (Å²) in [5, 5.41) is 0.608. The molecule has 1 heterocycles. The number of halogens is 1. The van der Waals surface area contributed by atoms with Crippen molar-refractivity contribution in [2.24, 2.45) is 4.99 Å². The van der Waals surface area contributed by atoms with E-state index in [2.05, 4.69) is 10.9 Å². The van der Waals surface area contributed by atoms with E-state index in [1.807, 2.05) is 16.7 Å². The van der Waals surface area contributed by atoms with Gasteiger partial charge in [0.05, 0.1) is 38.1 Å². The van der Waals surface area contributed by atoms with E-state index in [1.165, 1.54) is 38.7 Å². The molecule has 0 saturated heterocycles. The van der Waals surface area contributed by atoms with Crippen molar-refractivity contribution in [1.29, 1.82) is 0 Å². The highest BCUT2D eigenvalue weighted by molar-refractivity contribution is 7.16. The maximum Gasteiger partial charge on any atom is 0.272 e. The normalized spacial score (nSPS) is 11.6. The molecule has 0 fully saturated rings. The average molecular weight is 443 g/mol. The van der Waals surface area contributed by atoms with Gasteiger partial charge in [-0.05, 0) is 42.0 Å². The minimum atomic E-state index is -0.424. The van der Waals surface area contributed by atoms with Crippen molar-refractivity contribution in [3.05, 3.63) is 51.8 Å². The topological polar surface area (TPSA) is 62.1 Å². The number of rotatable bonds is 6. The number of thiazole rings is 1. The van der Waals surface area contributed by atoms with Crippen molar-refractivity contribution in [2.75, 3.05) is 21.3 Å². The van der Waals surface area contributed by atoms with Crippen molar-refractivity contribution in [2.45, 2.75) is 6.54 Å². The standard InChI is InChI=1S/C22H19ClN2O4S/c1-5-10-25-16-8-7-15(23)13-19(16)30-22(25)24-20(26)9-6-14-11-17(27-2)21(29-4)18(12-14)28-3/h1,6-9,11-13H,10H2,2-4H3/b9-6-,24-22?. The van der Waals surface area contributed by atoms with Gasteiger partial charge < -0.3 is 18.8 Å². The number of carbonyl (C=O) groups excluding carboxylic acids is 1. The third kappa shape index (κ3) is 4.51. The first kappa shape index (κ1) is 21.5. The number of methoxy groups -OCH3 is 3. The molecule has 154 valence electrons. The van der Waals surface area contributed by atoms with Crippen molar-refractivity contribution in [3.8, 4) is 29.6 Å². The molecule has 0 radical (unpaired) electrons. The fourth-order valence-corrected chi connectivity index (χ4v) is 4.18. The van der Waals surface area contributed by atoms with Crippen LogP contribution < -0.4 is 19.0 Å². The Morgan fingerprint density at radius 1 is 1.20 bits per heavy atom. The number of fused-ring (bicyclic) bond motifs is 1. The second kappa shape index (κ2) is 9.53. The number of hydrogen-bond acceptors (Lipinski definition) is 5. The second-order valence-corrected chi connectivity index (χ2v) is 7.47. The van der Waals surface area contributed by atoms with E-state index in [0.29, 0.717) is 39.2 Å². The molecule has 0 bridgehead atoms. The largest absolute Gasteiger partial charge is 0.493 e. The van der Waals surface area contributed by atoms with Crippen LogP contribution in [0, 0.1) is 12.3 Å². The van der Waals surface area contributed by atoms with E-state index in [-0.39, 0.29) is 0 Å². The number of benzene rings is 2. The predicted molar refractivity (Wildman–Crippen MR) is 119 cm³/mol. The molecule has 0 spiro atoms. The Kier molecular flexibility index (Phi) is 6.83. The van der Waals surface area contributed by atoms with Gasteiger partial charge in [0.15, 0.2) is 16.3 Å². The first-order valence-corrected chi connectivity index (χ1v) is 9.99. The number of carbonyl (C=O) groups is 1. The molecule has 3 aromatic rings. The van der Waals surface area contributed by atoms with E-state index in [0.717, 1.165) is 10.2 Å². The zero-order valence-electron chi connectivity index (χ0n) is 16.6. The summed E-state index contributed by atoms with van der Waals surface area (Å²) in [6.45, 7) is 0.296. The summed E-state index contributed by atoms with van der Waals surface area (Å²) in [5.74, 6) is 3.64. The number of ether oxygens (including phenoxy) is 3. The van der Waals surface area contributed by atoms with Gasteiger partial charge in [0.25, 0.3) is 5.91 Å². The fourth-order valence-electron chi connectivity index (χ4n) is 2.87. The zero-order valence-corrected chi connectivity index (χ0v) is 18.2. The van der Waals surface area contributed by atoms with Gasteiger partial charge in [0.1, 0.15) is 0 Å². The first-order valence-electron chi connectivity index (χ1n) is 8.79. The van der Waals surface area contributed by atoms with Gasteiger partial charge in [-0.15, -0.1) is 6.42 Å². The molecule has 0 saturated carbocycles. The van der Waals surface area contributed by atoms with Crippen LogP contribution in [0.5, 0.6) is 17.2 Å². The molecular formula is C22H19ClN2O4S. The summed E-state index contributed by atoms with van der Waals surface area (Å²) >= 11 is 7.42. The highest BCUT2D eigenvalue weighted by Crippen LogP contribution is 2.38. The second-order valence-electron chi connectivity index (χ2n) is 6.03. The van der Waals surface area contributed by atoms with Crippen LogP contribution in [0.1, 0.15) is 5.56 Å². The molecular weight excluding hydrogens is 424 g/mol. The summed E-state index contributed by atoms with van der Waals surface area (Å²) in [6, 6.07) is 8.94. The minimum absolute atomic E-state index is 0.296. The highest BCUT2D eigenvalue weighted by Gasteiger charge is 2.12. The molecule has 30 heavy (non-hydrogen) atoms. The van der Waals surface area contributed by atoms with Crippen LogP contribution in [0.4, 0.5) is 0 Å². The number of aromatic nitrogens is 1. The third-order valence-corrected chi connectivity index (χ3v) is 5.48. The Bertz CT molecular complexity index is 1210. The number of terminal acetylenes is 1. The number of amides is 1. The van der Waals surface area contributed by atoms with Crippen LogP contribution in [0.3, 0.4) is 0 Å². The molecule has 0 N–H and O–H groups in total. The quantitative estimate of drug-likeness (QED) is 0.425. The Labute approximate surface area is 183 Å². The molecule has 3 rings (SSSR count). The predicted octanol–water partition coefficient (Wildman–Crippen LogP) is 4.16. The SMILES string of the molecule is C#CCn1c(=NC(=O)/C=C\c2cc(OC)c(OC)c(OC)c2)sc2cc(Cl)ccc21. The lowest BCUT2D eigenvalue weighted by molar-refractivity contribution is -0.113. The van der Waals surface area contributed by atoms with Crippen molar-refractivity contribution in [1.82, 2.24) is 4.57 Å². The van der Waals surface area contributed by atoms with Crippen LogP contribution in [0.15, 0.2) is 41.4 Å². The van der Waals surface area contributed by atoms with E-state index in [9.17, 15) is 4.79 Å². The van der Waals surface area contributed by atoms with Crippen molar-refractivity contribution < 1.29 is 19.0 Å². The van der Waals surface area contributed by atoms with Crippen LogP contribution >= 0.6 is 22.9 Å². The molecule has 8 heteroatoms. The smallest absolute Gasteiger partial charge is 0.272 e. The molecule has 6 nitrogen and oxygen atoms in total. The monoisotopic (exact) mass is 442 g/mol.